The summed E-state index contributed by atoms with van der Waals surface area (Å²) in [4.78, 5) is 0. The van der Waals surface area contributed by atoms with Gasteiger partial charge in [0.2, 0.25) is 0 Å². The summed E-state index contributed by atoms with van der Waals surface area (Å²) >= 11 is 0. The van der Waals surface area contributed by atoms with Gasteiger partial charge in [0.05, 0.1) is 16.2 Å². The third-order valence-electron chi connectivity index (χ3n) is 16.8. The lowest BCUT2D eigenvalue weighted by Crippen LogP contribution is -2.32. The third-order valence-corrected chi connectivity index (χ3v) is 16.8. The van der Waals surface area contributed by atoms with Gasteiger partial charge in [-0.2, -0.15) is 0 Å². The lowest BCUT2D eigenvalue weighted by Gasteiger charge is -2.38. The van der Waals surface area contributed by atoms with E-state index in [1.807, 2.05) is 0 Å². The molecule has 0 fully saturated rings. The highest BCUT2D eigenvalue weighted by Gasteiger charge is 2.58. The molecule has 0 saturated heterocycles. The van der Waals surface area contributed by atoms with Crippen molar-refractivity contribution < 1.29 is 0 Å². The van der Waals surface area contributed by atoms with Crippen LogP contribution in [-0.4, -0.2) is 0 Å². The van der Waals surface area contributed by atoms with Crippen LogP contribution in [0.25, 0.3) is 66.4 Å². The van der Waals surface area contributed by atoms with E-state index in [1.165, 1.54) is 133 Å². The number of benzene rings is 11. The second-order valence-electron chi connectivity index (χ2n) is 19.3. The van der Waals surface area contributed by atoms with Gasteiger partial charge in [-0.25, -0.2) is 0 Å². The van der Waals surface area contributed by atoms with E-state index in [9.17, 15) is 0 Å². The summed E-state index contributed by atoms with van der Waals surface area (Å²) in [5.74, 6) is 0. The first-order valence-corrected chi connectivity index (χ1v) is 23.8. The minimum absolute atomic E-state index is 0.479. The van der Waals surface area contributed by atoms with Crippen molar-refractivity contribution in [2.24, 2.45) is 0 Å². The molecule has 11 aromatic carbocycles. The molecule has 67 heavy (non-hydrogen) atoms. The smallest absolute Gasteiger partial charge is 0.0619 e. The Morgan fingerprint density at radius 2 is 0.403 bits per heavy atom. The minimum Gasteiger partial charge on any atom is -0.0619 e. The molecule has 5 aliphatic carbocycles. The van der Waals surface area contributed by atoms with E-state index in [1.54, 1.807) is 0 Å². The van der Waals surface area contributed by atoms with Gasteiger partial charge >= 0.3 is 0 Å². The quantitative estimate of drug-likeness (QED) is 0.163. The molecule has 0 aliphatic heterocycles. The van der Waals surface area contributed by atoms with Crippen LogP contribution in [0, 0.1) is 0 Å². The first-order chi connectivity index (χ1) is 33.3. The minimum atomic E-state index is -0.723. The topological polar surface area (TPSA) is 0 Å². The maximum atomic E-state index is 2.55. The Kier molecular flexibility index (Phi) is 6.72. The standard InChI is InChI=1S/C67H40/c1-2-20-42-40-62-50(39-41(42)19-1)47-25-7-14-32-55(47)67(62,60-37-17-35-58-63(60)48-26-8-15-33-56(48)65(58)51-28-10-3-21-43(51)44-22-4-11-29-52(44)65)61-38-18-36-59-64(61)49-27-9-16-34-57(49)66(59)53-30-12-5-23-45(53)46-24-6-13-31-54(46)66/h1-40H. The fourth-order valence-electron chi connectivity index (χ4n) is 14.6. The van der Waals surface area contributed by atoms with Gasteiger partial charge in [-0.15, -0.1) is 0 Å². The van der Waals surface area contributed by atoms with Gasteiger partial charge in [-0.3, -0.25) is 0 Å². The van der Waals surface area contributed by atoms with Gasteiger partial charge in [0.15, 0.2) is 0 Å². The molecule has 0 nitrogen and oxygen atoms in total. The molecule has 0 unspecified atom stereocenters. The molecule has 308 valence electrons. The van der Waals surface area contributed by atoms with Crippen LogP contribution < -0.4 is 0 Å². The molecule has 0 N–H and O–H groups in total. The lowest BCUT2D eigenvalue weighted by atomic mass is 9.62. The Morgan fingerprint density at radius 3 is 0.761 bits per heavy atom. The molecule has 16 rings (SSSR count). The molecular weight excluding hydrogens is 805 g/mol. The molecule has 0 heterocycles. The highest BCUT2D eigenvalue weighted by atomic mass is 14.6. The predicted octanol–water partition coefficient (Wildman–Crippen LogP) is 15.9. The Labute approximate surface area is 390 Å². The van der Waals surface area contributed by atoms with Crippen molar-refractivity contribution in [1.29, 1.82) is 0 Å². The van der Waals surface area contributed by atoms with Gasteiger partial charge in [0, 0.05) is 0 Å². The monoisotopic (exact) mass is 844 g/mol. The van der Waals surface area contributed by atoms with E-state index in [0.717, 1.165) is 0 Å². The molecule has 0 bridgehead atoms. The van der Waals surface area contributed by atoms with Crippen molar-refractivity contribution in [3.8, 4) is 55.6 Å². The Bertz CT molecular complexity index is 3720. The summed E-state index contributed by atoms with van der Waals surface area (Å²) in [6.45, 7) is 0. The van der Waals surface area contributed by atoms with Crippen molar-refractivity contribution in [2.75, 3.05) is 0 Å². The molecular formula is C67H40. The van der Waals surface area contributed by atoms with Crippen LogP contribution in [0.2, 0.25) is 0 Å². The summed E-state index contributed by atoms with van der Waals surface area (Å²) in [5.41, 5.74) is 27.7. The van der Waals surface area contributed by atoms with Crippen molar-refractivity contribution in [3.63, 3.8) is 0 Å². The highest BCUT2D eigenvalue weighted by molar-refractivity contribution is 6.03. The molecule has 0 saturated carbocycles. The van der Waals surface area contributed by atoms with Gasteiger partial charge in [-0.05, 0) is 145 Å². The third kappa shape index (κ3) is 3.99. The molecule has 0 radical (unpaired) electrons. The molecule has 0 heteroatoms. The van der Waals surface area contributed by atoms with Crippen LogP contribution >= 0.6 is 0 Å². The Morgan fingerprint density at radius 1 is 0.164 bits per heavy atom. The van der Waals surface area contributed by atoms with Crippen molar-refractivity contribution in [1.82, 2.24) is 0 Å². The molecule has 0 atom stereocenters. The van der Waals surface area contributed by atoms with E-state index in [-0.39, 0.29) is 0 Å². The second kappa shape index (κ2) is 12.5. The van der Waals surface area contributed by atoms with Gasteiger partial charge < -0.3 is 0 Å². The summed E-state index contributed by atoms with van der Waals surface area (Å²) in [5, 5.41) is 2.51. The second-order valence-corrected chi connectivity index (χ2v) is 19.3. The molecule has 11 aromatic rings. The summed E-state index contributed by atoms with van der Waals surface area (Å²) in [7, 11) is 0. The summed E-state index contributed by atoms with van der Waals surface area (Å²) in [6, 6.07) is 93.5. The zero-order valence-electron chi connectivity index (χ0n) is 36.6. The summed E-state index contributed by atoms with van der Waals surface area (Å²) in [6.07, 6.45) is 0. The normalized spacial score (nSPS) is 15.5. The average molecular weight is 845 g/mol. The fraction of sp³-hybridized carbons (Fsp3) is 0.0448. The number of rotatable bonds is 2. The van der Waals surface area contributed by atoms with Crippen molar-refractivity contribution in [3.05, 3.63) is 309 Å². The van der Waals surface area contributed by atoms with Crippen LogP contribution in [0.5, 0.6) is 0 Å². The highest BCUT2D eigenvalue weighted by Crippen LogP contribution is 2.70. The molecule has 2 spiro atoms. The average Bonchev–Trinajstić information content (AvgIpc) is 4.15. The van der Waals surface area contributed by atoms with E-state index < -0.39 is 16.2 Å². The van der Waals surface area contributed by atoms with E-state index in [2.05, 4.69) is 243 Å². The van der Waals surface area contributed by atoms with Crippen LogP contribution in [0.15, 0.2) is 243 Å². The Hall–Kier alpha value is -8.32. The maximum absolute atomic E-state index is 2.55. The lowest BCUT2D eigenvalue weighted by molar-refractivity contribution is 0.756. The van der Waals surface area contributed by atoms with Gasteiger partial charge in [-0.1, -0.05) is 231 Å². The van der Waals surface area contributed by atoms with Crippen LogP contribution in [0.1, 0.15) is 66.8 Å². The van der Waals surface area contributed by atoms with E-state index in [4.69, 9.17) is 0 Å². The molecule has 0 aromatic heterocycles. The number of hydrogen-bond donors (Lipinski definition) is 0. The fourth-order valence-corrected chi connectivity index (χ4v) is 14.6. The van der Waals surface area contributed by atoms with Crippen LogP contribution in [0.4, 0.5) is 0 Å². The van der Waals surface area contributed by atoms with Gasteiger partial charge in [0.25, 0.3) is 0 Å². The first-order valence-electron chi connectivity index (χ1n) is 23.8. The largest absolute Gasteiger partial charge is 0.0725 e. The van der Waals surface area contributed by atoms with E-state index >= 15 is 0 Å². The van der Waals surface area contributed by atoms with Gasteiger partial charge in [0.1, 0.15) is 0 Å². The summed E-state index contributed by atoms with van der Waals surface area (Å²) < 4.78 is 0. The van der Waals surface area contributed by atoms with Crippen molar-refractivity contribution in [2.45, 2.75) is 16.2 Å². The zero-order valence-corrected chi connectivity index (χ0v) is 36.6. The number of fused-ring (bicyclic) bond motifs is 24. The SMILES string of the molecule is c1ccc2c(c1)-c1ccccc1C21c2ccccc2-c2c1cccc2C1(c2cccc3c2-c2ccccc2C32c3ccccc3-c3ccccc32)c2ccccc2-c2cc3ccccc3cc21. The zero-order chi connectivity index (χ0) is 43.6. The molecule has 5 aliphatic rings. The van der Waals surface area contributed by atoms with Crippen LogP contribution in [-0.2, 0) is 16.2 Å². The van der Waals surface area contributed by atoms with Crippen LogP contribution in [0.3, 0.4) is 0 Å². The Balaban J connectivity index is 1.11. The molecule has 0 amide bonds. The predicted molar refractivity (Wildman–Crippen MR) is 274 cm³/mol. The number of hydrogen-bond acceptors (Lipinski definition) is 0. The maximum Gasteiger partial charge on any atom is 0.0725 e. The van der Waals surface area contributed by atoms with Crippen molar-refractivity contribution >= 4 is 10.8 Å². The van der Waals surface area contributed by atoms with E-state index in [0.29, 0.717) is 0 Å². The first kappa shape index (κ1) is 36.0.